The number of hydrogen-bond acceptors (Lipinski definition) is 9. The van der Waals surface area contributed by atoms with Gasteiger partial charge in [0.2, 0.25) is 0 Å². The minimum absolute atomic E-state index is 0.242. The van der Waals surface area contributed by atoms with Gasteiger partial charge < -0.3 is 24.4 Å². The number of halogens is 2. The number of hydrogen-bond donors (Lipinski definition) is 1. The van der Waals surface area contributed by atoms with E-state index in [0.717, 1.165) is 40.9 Å². The number of nitrogens with zero attached hydrogens (tertiary/aromatic N) is 5. The lowest BCUT2D eigenvalue weighted by atomic mass is 9.96. The van der Waals surface area contributed by atoms with Crippen LogP contribution in [0.2, 0.25) is 10.0 Å². The number of benzene rings is 3. The second-order valence-electron chi connectivity index (χ2n) is 12.2. The second-order valence-corrected chi connectivity index (χ2v) is 13.0. The summed E-state index contributed by atoms with van der Waals surface area (Å²) in [4.78, 5) is 19.4. The Balaban J connectivity index is 1.17. The molecule has 9 nitrogen and oxygen atoms in total. The Labute approximate surface area is 297 Å². The smallest absolute Gasteiger partial charge is 0.142 e. The Bertz CT molecular complexity index is 1830. The minimum Gasteiger partial charge on any atom is -0.492 e. The number of likely N-dealkylation sites (tertiary alicyclic amines) is 1. The highest BCUT2D eigenvalue weighted by atomic mass is 35.5. The number of piperidine rings is 1. The lowest BCUT2D eigenvalue weighted by Gasteiger charge is -2.29. The molecule has 3 aromatic carbocycles. The molecule has 49 heavy (non-hydrogen) atoms. The van der Waals surface area contributed by atoms with Crippen molar-refractivity contribution in [2.75, 3.05) is 26.7 Å². The van der Waals surface area contributed by atoms with Gasteiger partial charge in [-0.1, -0.05) is 53.5 Å². The maximum Gasteiger partial charge on any atom is 0.142 e. The zero-order valence-corrected chi connectivity index (χ0v) is 29.3. The fourth-order valence-corrected chi connectivity index (χ4v) is 6.50. The summed E-state index contributed by atoms with van der Waals surface area (Å²) in [6.07, 6.45) is 10.8. The maximum absolute atomic E-state index is 6.97. The van der Waals surface area contributed by atoms with Crippen molar-refractivity contribution in [3.63, 3.8) is 0 Å². The standard InChI is InChI=1S/C38H40Cl2N6O3/c1-26-28(8-3-9-31(26)32-10-4-11-34(38(32)40)47-23-27-7-5-16-46(2)22-27)24-48-36-18-35(49-25-30-20-41-14-15-43-30)29(17-33(36)39)19-42-21-37-44-12-6-13-45-37/h3-4,6,8-15,17-18,20,27,42H,5,7,16,19,21-25H2,1-2H3. The highest BCUT2D eigenvalue weighted by molar-refractivity contribution is 6.35. The molecule has 5 aromatic rings. The van der Waals surface area contributed by atoms with Gasteiger partial charge in [-0.2, -0.15) is 0 Å². The molecule has 0 spiro atoms. The van der Waals surface area contributed by atoms with Crippen LogP contribution in [0, 0.1) is 12.8 Å². The van der Waals surface area contributed by atoms with Gasteiger partial charge in [-0.05, 0) is 68.2 Å². The first-order valence-electron chi connectivity index (χ1n) is 16.4. The average molecular weight is 700 g/mol. The molecule has 1 saturated heterocycles. The SMILES string of the molecule is Cc1c(COc2cc(OCc3cnccn3)c(CNCc3ncccn3)cc2Cl)cccc1-c1cccc(OCC2CCCN(C)C2)c1Cl. The van der Waals surface area contributed by atoms with E-state index in [-0.39, 0.29) is 6.61 Å². The van der Waals surface area contributed by atoms with Crippen LogP contribution < -0.4 is 19.5 Å². The summed E-state index contributed by atoms with van der Waals surface area (Å²) in [5.74, 6) is 3.04. The van der Waals surface area contributed by atoms with Crippen LogP contribution in [0.25, 0.3) is 11.1 Å². The molecule has 0 saturated carbocycles. The molecule has 1 atom stereocenters. The van der Waals surface area contributed by atoms with E-state index < -0.39 is 0 Å². The van der Waals surface area contributed by atoms with Gasteiger partial charge in [0.15, 0.2) is 0 Å². The van der Waals surface area contributed by atoms with Gasteiger partial charge >= 0.3 is 0 Å². The Kier molecular flexibility index (Phi) is 11.9. The number of rotatable bonds is 14. The highest BCUT2D eigenvalue weighted by Gasteiger charge is 2.20. The van der Waals surface area contributed by atoms with Gasteiger partial charge in [-0.15, -0.1) is 0 Å². The topological polar surface area (TPSA) is 94.5 Å². The van der Waals surface area contributed by atoms with E-state index in [0.29, 0.717) is 71.0 Å². The normalized spacial score (nSPS) is 14.8. The zero-order chi connectivity index (χ0) is 34.0. The van der Waals surface area contributed by atoms with E-state index in [1.807, 2.05) is 36.4 Å². The van der Waals surface area contributed by atoms with Crippen molar-refractivity contribution in [2.24, 2.45) is 5.92 Å². The Morgan fingerprint density at radius 2 is 1.63 bits per heavy atom. The number of aromatic nitrogens is 4. The first-order valence-corrected chi connectivity index (χ1v) is 17.2. The molecular formula is C38H40Cl2N6O3. The number of nitrogens with one attached hydrogen (secondary N) is 1. The van der Waals surface area contributed by atoms with Gasteiger partial charge in [-0.3, -0.25) is 9.97 Å². The fraction of sp³-hybridized carbons (Fsp3) is 0.316. The molecule has 6 rings (SSSR count). The van der Waals surface area contributed by atoms with Crippen molar-refractivity contribution in [3.05, 3.63) is 124 Å². The van der Waals surface area contributed by atoms with Gasteiger partial charge in [0.05, 0.1) is 35.1 Å². The minimum atomic E-state index is 0.242. The van der Waals surface area contributed by atoms with Crippen molar-refractivity contribution in [1.82, 2.24) is 30.2 Å². The quantitative estimate of drug-likeness (QED) is 0.125. The molecule has 0 radical (unpaired) electrons. The van der Waals surface area contributed by atoms with Crippen molar-refractivity contribution >= 4 is 23.2 Å². The lowest BCUT2D eigenvalue weighted by Crippen LogP contribution is -2.34. The summed E-state index contributed by atoms with van der Waals surface area (Å²) in [5, 5.41) is 4.46. The summed E-state index contributed by atoms with van der Waals surface area (Å²) >= 11 is 13.8. The third kappa shape index (κ3) is 9.25. The van der Waals surface area contributed by atoms with E-state index in [1.54, 1.807) is 37.1 Å². The van der Waals surface area contributed by atoms with Gasteiger partial charge in [-0.25, -0.2) is 9.97 Å². The van der Waals surface area contributed by atoms with Crippen molar-refractivity contribution < 1.29 is 14.2 Å². The molecule has 1 aliphatic rings. The Morgan fingerprint density at radius 1 is 0.816 bits per heavy atom. The van der Waals surface area contributed by atoms with E-state index in [9.17, 15) is 0 Å². The zero-order valence-electron chi connectivity index (χ0n) is 27.7. The molecular weight excluding hydrogens is 659 g/mol. The predicted molar refractivity (Wildman–Crippen MR) is 192 cm³/mol. The van der Waals surface area contributed by atoms with Crippen LogP contribution in [0.4, 0.5) is 0 Å². The monoisotopic (exact) mass is 698 g/mol. The molecule has 1 N–H and O–H groups in total. The number of ether oxygens (including phenoxy) is 3. The van der Waals surface area contributed by atoms with Crippen LogP contribution >= 0.6 is 23.2 Å². The van der Waals surface area contributed by atoms with Crippen molar-refractivity contribution in [1.29, 1.82) is 0 Å². The average Bonchev–Trinajstić information content (AvgIpc) is 3.12. The van der Waals surface area contributed by atoms with Crippen molar-refractivity contribution in [3.8, 4) is 28.4 Å². The van der Waals surface area contributed by atoms with Crippen LogP contribution in [0.15, 0.2) is 85.6 Å². The van der Waals surface area contributed by atoms with E-state index in [1.165, 1.54) is 12.8 Å². The summed E-state index contributed by atoms with van der Waals surface area (Å²) in [5.41, 5.74) is 5.60. The molecule has 3 heterocycles. The molecule has 0 aliphatic carbocycles. The summed E-state index contributed by atoms with van der Waals surface area (Å²) < 4.78 is 18.8. The first kappa shape index (κ1) is 34.6. The Morgan fingerprint density at radius 3 is 2.45 bits per heavy atom. The molecule has 0 bridgehead atoms. The summed E-state index contributed by atoms with van der Waals surface area (Å²) in [6.45, 7) is 6.44. The second kappa shape index (κ2) is 16.9. The van der Waals surface area contributed by atoms with Crippen LogP contribution in [-0.4, -0.2) is 51.6 Å². The third-order valence-electron chi connectivity index (χ3n) is 8.60. The lowest BCUT2D eigenvalue weighted by molar-refractivity contribution is 0.150. The largest absolute Gasteiger partial charge is 0.492 e. The van der Waals surface area contributed by atoms with Crippen LogP contribution in [-0.2, 0) is 26.3 Å². The molecule has 0 amide bonds. The van der Waals surface area contributed by atoms with Crippen LogP contribution in [0.1, 0.15) is 41.1 Å². The van der Waals surface area contributed by atoms with Gasteiger partial charge in [0.25, 0.3) is 0 Å². The third-order valence-corrected chi connectivity index (χ3v) is 9.29. The highest BCUT2D eigenvalue weighted by Crippen LogP contribution is 2.39. The summed E-state index contributed by atoms with van der Waals surface area (Å²) in [7, 11) is 2.17. The van der Waals surface area contributed by atoms with Crippen LogP contribution in [0.3, 0.4) is 0 Å². The van der Waals surface area contributed by atoms with E-state index in [4.69, 9.17) is 37.4 Å². The molecule has 1 fully saturated rings. The maximum atomic E-state index is 6.97. The molecule has 11 heteroatoms. The molecule has 1 aliphatic heterocycles. The van der Waals surface area contributed by atoms with Crippen LogP contribution in [0.5, 0.6) is 17.2 Å². The van der Waals surface area contributed by atoms with E-state index >= 15 is 0 Å². The fourth-order valence-electron chi connectivity index (χ4n) is 5.98. The van der Waals surface area contributed by atoms with Gasteiger partial charge in [0.1, 0.15) is 36.3 Å². The molecule has 1 unspecified atom stereocenters. The van der Waals surface area contributed by atoms with Gasteiger partial charge in [0, 0.05) is 61.0 Å². The molecule has 254 valence electrons. The predicted octanol–water partition coefficient (Wildman–Crippen LogP) is 7.72. The summed E-state index contributed by atoms with van der Waals surface area (Å²) in [6, 6.07) is 17.6. The Hall–Kier alpha value is -4.28. The molecule has 2 aromatic heterocycles. The van der Waals surface area contributed by atoms with Crippen molar-refractivity contribution in [2.45, 2.75) is 46.1 Å². The van der Waals surface area contributed by atoms with E-state index in [2.05, 4.69) is 56.3 Å². The first-order chi connectivity index (χ1) is 23.9.